The number of rotatable bonds is 5. The van der Waals surface area contributed by atoms with E-state index in [1.165, 1.54) is 25.1 Å². The summed E-state index contributed by atoms with van der Waals surface area (Å²) in [5.74, 6) is -2.48. The number of esters is 1. The maximum absolute atomic E-state index is 13.5. The van der Waals surface area contributed by atoms with E-state index in [1.807, 2.05) is 0 Å². The minimum Gasteiger partial charge on any atom is -0.465 e. The maximum Gasteiger partial charge on any atom is 0.316 e. The quantitative estimate of drug-likeness (QED) is 0.611. The number of ketones is 1. The van der Waals surface area contributed by atoms with Gasteiger partial charge in [0.25, 0.3) is 0 Å². The summed E-state index contributed by atoms with van der Waals surface area (Å²) in [5.41, 5.74) is 0.111. The lowest BCUT2D eigenvalue weighted by atomic mass is 9.99. The second kappa shape index (κ2) is 6.50. The van der Waals surface area contributed by atoms with Gasteiger partial charge in [-0.1, -0.05) is 17.7 Å². The third-order valence-corrected chi connectivity index (χ3v) is 2.89. The summed E-state index contributed by atoms with van der Waals surface area (Å²) < 4.78 is 18.2. The molecule has 1 atom stereocenters. The van der Waals surface area contributed by atoms with Crippen LogP contribution in [0.5, 0.6) is 0 Å². The first-order chi connectivity index (χ1) is 8.47. The van der Waals surface area contributed by atoms with Gasteiger partial charge in [0, 0.05) is 17.0 Å². The van der Waals surface area contributed by atoms with Crippen LogP contribution in [0.4, 0.5) is 4.39 Å². The van der Waals surface area contributed by atoms with Crippen LogP contribution in [0, 0.1) is 11.7 Å². The average Bonchev–Trinajstić information content (AvgIpc) is 2.33. The van der Waals surface area contributed by atoms with E-state index >= 15 is 0 Å². The van der Waals surface area contributed by atoms with Crippen LogP contribution in [0.25, 0.3) is 0 Å². The average molecular weight is 273 g/mol. The number of hydrogen-bond acceptors (Lipinski definition) is 3. The van der Waals surface area contributed by atoms with Gasteiger partial charge in [0.05, 0.1) is 6.61 Å². The van der Waals surface area contributed by atoms with Crippen LogP contribution in [-0.2, 0) is 20.7 Å². The van der Waals surface area contributed by atoms with Crippen molar-refractivity contribution in [3.05, 3.63) is 34.6 Å². The molecule has 1 rings (SSSR count). The molecular weight excluding hydrogens is 259 g/mol. The van der Waals surface area contributed by atoms with Gasteiger partial charge in [-0.3, -0.25) is 9.59 Å². The van der Waals surface area contributed by atoms with Gasteiger partial charge in [-0.2, -0.15) is 0 Å². The zero-order valence-electron chi connectivity index (χ0n) is 10.2. The Morgan fingerprint density at radius 3 is 2.67 bits per heavy atom. The van der Waals surface area contributed by atoms with Gasteiger partial charge in [-0.05, 0) is 26.0 Å². The third-order valence-electron chi connectivity index (χ3n) is 2.54. The minimum absolute atomic E-state index is 0.111. The third kappa shape index (κ3) is 3.53. The predicted molar refractivity (Wildman–Crippen MR) is 65.9 cm³/mol. The van der Waals surface area contributed by atoms with Crippen molar-refractivity contribution in [2.75, 3.05) is 6.61 Å². The lowest BCUT2D eigenvalue weighted by Gasteiger charge is -2.10. The number of hydrogen-bond donors (Lipinski definition) is 0. The largest absolute Gasteiger partial charge is 0.465 e. The molecule has 0 radical (unpaired) electrons. The smallest absolute Gasteiger partial charge is 0.316 e. The highest BCUT2D eigenvalue weighted by Crippen LogP contribution is 2.21. The highest BCUT2D eigenvalue weighted by Gasteiger charge is 2.24. The highest BCUT2D eigenvalue weighted by molar-refractivity contribution is 6.31. The van der Waals surface area contributed by atoms with Gasteiger partial charge in [0.1, 0.15) is 11.7 Å². The van der Waals surface area contributed by atoms with Crippen LogP contribution in [0.1, 0.15) is 19.4 Å². The lowest BCUT2D eigenvalue weighted by Crippen LogP contribution is -2.25. The molecule has 0 aliphatic carbocycles. The number of carbonyl (C=O) groups excluding carboxylic acids is 2. The van der Waals surface area contributed by atoms with E-state index < -0.39 is 23.5 Å². The number of Topliss-reactive ketones (excluding diaryl/α,β-unsaturated/α-hetero) is 1. The molecule has 18 heavy (non-hydrogen) atoms. The zero-order chi connectivity index (χ0) is 13.7. The molecule has 0 N–H and O–H groups in total. The fourth-order valence-electron chi connectivity index (χ4n) is 1.43. The number of ether oxygens (including phenoxy) is 1. The van der Waals surface area contributed by atoms with Gasteiger partial charge in [0.15, 0.2) is 5.78 Å². The SMILES string of the molecule is CCOC(=O)C(C)C(=O)Cc1c(F)cccc1Cl. The van der Waals surface area contributed by atoms with Crippen molar-refractivity contribution in [3.8, 4) is 0 Å². The zero-order valence-corrected chi connectivity index (χ0v) is 11.0. The molecule has 0 bridgehead atoms. The van der Waals surface area contributed by atoms with E-state index in [4.69, 9.17) is 16.3 Å². The van der Waals surface area contributed by atoms with Gasteiger partial charge in [0.2, 0.25) is 0 Å². The van der Waals surface area contributed by atoms with Crippen molar-refractivity contribution in [2.45, 2.75) is 20.3 Å². The summed E-state index contributed by atoms with van der Waals surface area (Å²) >= 11 is 5.81. The Balaban J connectivity index is 2.79. The number of benzene rings is 1. The molecule has 1 unspecified atom stereocenters. The minimum atomic E-state index is -0.916. The molecule has 0 aromatic heterocycles. The molecule has 0 amide bonds. The summed E-state index contributed by atoms with van der Waals surface area (Å²) in [6, 6.07) is 4.19. The van der Waals surface area contributed by atoms with E-state index in [1.54, 1.807) is 6.92 Å². The predicted octanol–water partition coefficient (Wildman–Crippen LogP) is 2.79. The standard InChI is InChI=1S/C13H14ClFO3/c1-3-18-13(17)8(2)12(16)7-9-10(14)5-4-6-11(9)15/h4-6,8H,3,7H2,1-2H3. The second-order valence-corrected chi connectivity index (χ2v) is 4.22. The van der Waals surface area contributed by atoms with Crippen molar-refractivity contribution < 1.29 is 18.7 Å². The van der Waals surface area contributed by atoms with Crippen molar-refractivity contribution in [3.63, 3.8) is 0 Å². The number of halogens is 2. The maximum atomic E-state index is 13.5. The van der Waals surface area contributed by atoms with E-state index in [-0.39, 0.29) is 23.6 Å². The van der Waals surface area contributed by atoms with Crippen LogP contribution in [0.2, 0.25) is 5.02 Å². The Morgan fingerprint density at radius 2 is 2.11 bits per heavy atom. The Morgan fingerprint density at radius 1 is 1.44 bits per heavy atom. The molecule has 0 heterocycles. The van der Waals surface area contributed by atoms with Crippen LogP contribution in [-0.4, -0.2) is 18.4 Å². The van der Waals surface area contributed by atoms with Crippen molar-refractivity contribution in [2.24, 2.45) is 5.92 Å². The Labute approximate surface area is 110 Å². The summed E-state index contributed by atoms with van der Waals surface area (Å²) in [7, 11) is 0. The van der Waals surface area contributed by atoms with E-state index in [0.29, 0.717) is 0 Å². The van der Waals surface area contributed by atoms with Gasteiger partial charge < -0.3 is 4.74 Å². The van der Waals surface area contributed by atoms with Crippen LogP contribution in [0.15, 0.2) is 18.2 Å². The molecule has 1 aromatic carbocycles. The van der Waals surface area contributed by atoms with E-state index in [9.17, 15) is 14.0 Å². The molecule has 0 saturated heterocycles. The fraction of sp³-hybridized carbons (Fsp3) is 0.385. The first-order valence-electron chi connectivity index (χ1n) is 5.59. The van der Waals surface area contributed by atoms with Crippen LogP contribution < -0.4 is 0 Å². The topological polar surface area (TPSA) is 43.4 Å². The Kier molecular flexibility index (Phi) is 5.28. The summed E-state index contributed by atoms with van der Waals surface area (Å²) in [5, 5.41) is 0.180. The normalized spacial score (nSPS) is 12.0. The molecule has 98 valence electrons. The van der Waals surface area contributed by atoms with E-state index in [0.717, 1.165) is 0 Å². The van der Waals surface area contributed by atoms with Crippen molar-refractivity contribution in [1.82, 2.24) is 0 Å². The summed E-state index contributed by atoms with van der Waals surface area (Å²) in [4.78, 5) is 23.2. The first-order valence-corrected chi connectivity index (χ1v) is 5.97. The van der Waals surface area contributed by atoms with Gasteiger partial charge in [-0.15, -0.1) is 0 Å². The molecule has 0 aliphatic rings. The monoisotopic (exact) mass is 272 g/mol. The fourth-order valence-corrected chi connectivity index (χ4v) is 1.66. The lowest BCUT2D eigenvalue weighted by molar-refractivity contribution is -0.150. The van der Waals surface area contributed by atoms with E-state index in [2.05, 4.69) is 0 Å². The summed E-state index contributed by atoms with van der Waals surface area (Å²) in [6.07, 6.45) is -0.217. The molecule has 0 spiro atoms. The number of carbonyl (C=O) groups is 2. The Bertz CT molecular complexity index is 439. The van der Waals surface area contributed by atoms with Crippen molar-refractivity contribution in [1.29, 1.82) is 0 Å². The molecule has 1 aromatic rings. The van der Waals surface area contributed by atoms with Gasteiger partial charge >= 0.3 is 5.97 Å². The molecule has 3 nitrogen and oxygen atoms in total. The van der Waals surface area contributed by atoms with Crippen LogP contribution >= 0.6 is 11.6 Å². The highest BCUT2D eigenvalue weighted by atomic mass is 35.5. The van der Waals surface area contributed by atoms with Gasteiger partial charge in [-0.25, -0.2) is 4.39 Å². The van der Waals surface area contributed by atoms with Crippen molar-refractivity contribution >= 4 is 23.4 Å². The molecule has 0 saturated carbocycles. The molecular formula is C13H14ClFO3. The molecule has 5 heteroatoms. The second-order valence-electron chi connectivity index (χ2n) is 3.82. The Hall–Kier alpha value is -1.42. The first kappa shape index (κ1) is 14.6. The van der Waals surface area contributed by atoms with Crippen LogP contribution in [0.3, 0.4) is 0 Å². The molecule has 0 fully saturated rings. The molecule has 0 aliphatic heterocycles. The summed E-state index contributed by atoms with van der Waals surface area (Å²) in [6.45, 7) is 3.30.